The number of fused-ring (bicyclic) bond motifs is 2. The van der Waals surface area contributed by atoms with Gasteiger partial charge in [-0.1, -0.05) is 108 Å². The lowest BCUT2D eigenvalue weighted by molar-refractivity contribution is 0.171. The molecule has 2 aromatic carbocycles. The van der Waals surface area contributed by atoms with Crippen molar-refractivity contribution in [2.24, 2.45) is 0 Å². The topological polar surface area (TPSA) is 163 Å². The zero-order valence-electron chi connectivity index (χ0n) is 40.0. The number of piperidine rings is 1. The molecule has 1 aliphatic heterocycles. The molecule has 1 aliphatic carbocycles. The van der Waals surface area contributed by atoms with Gasteiger partial charge >= 0.3 is 6.03 Å². The van der Waals surface area contributed by atoms with Crippen LogP contribution in [0.3, 0.4) is 0 Å². The van der Waals surface area contributed by atoms with Crippen LogP contribution in [0.1, 0.15) is 129 Å². The van der Waals surface area contributed by atoms with Crippen LogP contribution in [-0.2, 0) is 30.7 Å². The summed E-state index contributed by atoms with van der Waals surface area (Å²) in [5, 5.41) is 20.4. The van der Waals surface area contributed by atoms with Crippen molar-refractivity contribution in [1.29, 1.82) is 0 Å². The molecule has 66 heavy (non-hydrogen) atoms. The van der Waals surface area contributed by atoms with E-state index in [9.17, 15) is 13.2 Å². The molecule has 2 amide bonds. The van der Waals surface area contributed by atoms with Crippen LogP contribution in [0.5, 0.6) is 11.5 Å². The Bertz CT molecular complexity index is 2570. The fourth-order valence-electron chi connectivity index (χ4n) is 9.55. The van der Waals surface area contributed by atoms with Crippen molar-refractivity contribution in [3.05, 3.63) is 89.2 Å². The third-order valence-electron chi connectivity index (χ3n) is 13.0. The molecule has 1 fully saturated rings. The zero-order chi connectivity index (χ0) is 47.6. The van der Waals surface area contributed by atoms with E-state index < -0.39 is 18.4 Å². The van der Waals surface area contributed by atoms with Gasteiger partial charge < -0.3 is 24.1 Å². The lowest BCUT2D eigenvalue weighted by Crippen LogP contribution is -2.51. The number of benzene rings is 2. The number of anilines is 2. The predicted octanol–water partition coefficient (Wildman–Crippen LogP) is 10.4. The molecule has 15 nitrogen and oxygen atoms in total. The molecular formula is C48H67IN8O7SSi. The van der Waals surface area contributed by atoms with E-state index in [0.29, 0.717) is 57.4 Å². The maximum atomic E-state index is 14.1. The third kappa shape index (κ3) is 11.2. The van der Waals surface area contributed by atoms with E-state index in [2.05, 4.69) is 123 Å². The molecule has 2 aliphatic rings. The highest BCUT2D eigenvalue weighted by Crippen LogP contribution is 2.42. The van der Waals surface area contributed by atoms with Gasteiger partial charge in [0, 0.05) is 39.2 Å². The number of aromatic nitrogens is 5. The van der Waals surface area contributed by atoms with Gasteiger partial charge in [-0.15, -0.1) is 10.2 Å². The minimum absolute atomic E-state index is 0.00586. The molecule has 2 N–H and O–H groups in total. The maximum absolute atomic E-state index is 14.1. The molecular weight excluding hydrogens is 988 g/mol. The van der Waals surface area contributed by atoms with Gasteiger partial charge in [0.1, 0.15) is 36.6 Å². The second-order valence-corrected chi connectivity index (χ2v) is 29.3. The lowest BCUT2D eigenvalue weighted by atomic mass is 9.85. The second kappa shape index (κ2) is 20.5. The number of halogens is 1. The summed E-state index contributed by atoms with van der Waals surface area (Å²) < 4.78 is 52.6. The van der Waals surface area contributed by atoms with E-state index in [4.69, 9.17) is 23.2 Å². The Labute approximate surface area is 405 Å². The lowest BCUT2D eigenvalue weighted by Gasteiger charge is -2.41. The van der Waals surface area contributed by atoms with E-state index in [1.54, 1.807) is 4.68 Å². The highest BCUT2D eigenvalue weighted by Gasteiger charge is 2.46. The number of carbonyl (C=O) groups excluding carboxylic acids is 1. The number of amides is 2. The Hall–Kier alpha value is -4.24. The summed E-state index contributed by atoms with van der Waals surface area (Å²) in [6.07, 6.45) is 7.62. The van der Waals surface area contributed by atoms with Crippen molar-refractivity contribution in [2.45, 2.75) is 139 Å². The van der Waals surface area contributed by atoms with Crippen molar-refractivity contribution in [3.8, 4) is 17.2 Å². The number of rotatable bonds is 17. The first-order valence-electron chi connectivity index (χ1n) is 23.2. The monoisotopic (exact) mass is 1050 g/mol. The van der Waals surface area contributed by atoms with Gasteiger partial charge in [0.05, 0.1) is 36.5 Å². The molecule has 4 atom stereocenters. The Kier molecular flexibility index (Phi) is 15.5. The van der Waals surface area contributed by atoms with Crippen molar-refractivity contribution in [1.82, 2.24) is 29.7 Å². The van der Waals surface area contributed by atoms with E-state index in [1.165, 1.54) is 6.42 Å². The first-order valence-corrected chi connectivity index (χ1v) is 28.4. The Morgan fingerprint density at radius 1 is 0.939 bits per heavy atom. The molecule has 1 saturated heterocycles. The number of hydrogen-bond acceptors (Lipinski definition) is 11. The van der Waals surface area contributed by atoms with Crippen molar-refractivity contribution in [3.63, 3.8) is 0 Å². The summed E-state index contributed by atoms with van der Waals surface area (Å²) in [4.78, 5) is 16.4. The van der Waals surface area contributed by atoms with Crippen LogP contribution in [0.4, 0.5) is 16.6 Å². The Morgan fingerprint density at radius 2 is 1.68 bits per heavy atom. The average molecular weight is 1060 g/mol. The summed E-state index contributed by atoms with van der Waals surface area (Å²) in [5.74, 6) is 2.56. The van der Waals surface area contributed by atoms with Gasteiger partial charge in [0.15, 0.2) is 5.65 Å². The van der Waals surface area contributed by atoms with Gasteiger partial charge in [0.2, 0.25) is 14.3 Å². The molecule has 5 aromatic rings. The first kappa shape index (κ1) is 49.7. The zero-order valence-corrected chi connectivity index (χ0v) is 44.0. The first-order chi connectivity index (χ1) is 31.2. The van der Waals surface area contributed by atoms with E-state index in [0.717, 1.165) is 65.4 Å². The third-order valence-corrected chi connectivity index (χ3v) is 22.0. The summed E-state index contributed by atoms with van der Waals surface area (Å²) in [7, 11) is -5.91. The van der Waals surface area contributed by atoms with E-state index in [-0.39, 0.29) is 36.8 Å². The van der Waals surface area contributed by atoms with Crippen molar-refractivity contribution >= 4 is 64.5 Å². The van der Waals surface area contributed by atoms with Gasteiger partial charge in [-0.25, -0.2) is 9.48 Å². The standard InChI is InChI=1S/C48H67IN8O7SSi/c1-31(2)66(32(3)4,34(6)49)63-30-35-18-19-36(27-42(35)61-25-26-62-65(10,59)60)57-45(28-43(54-57)48(7,8)9)51-46(58)50-40-21-22-41(39-17-12-11-16-38(39)40)64-37-20-23-44-52-53-47(56(44)29-37)55-24-14-13-15-33(55)5/h11-12,16-20,23,27-29,31-34,40-41H,13-15,21-22,24-26,30H2,1-10H3,(H2,50,51,58)/t33-,34?,40-,41+/m0/s1. The minimum Gasteiger partial charge on any atom is -0.491 e. The van der Waals surface area contributed by atoms with Gasteiger partial charge in [0.25, 0.3) is 10.1 Å². The van der Waals surface area contributed by atoms with Crippen molar-refractivity contribution < 1.29 is 31.3 Å². The fraction of sp³-hybridized carbons (Fsp3) is 0.542. The minimum atomic E-state index is -3.65. The smallest absolute Gasteiger partial charge is 0.320 e. The van der Waals surface area contributed by atoms with Crippen LogP contribution in [0.15, 0.2) is 66.9 Å². The molecule has 0 spiro atoms. The second-order valence-electron chi connectivity index (χ2n) is 19.4. The molecule has 1 unspecified atom stereocenters. The summed E-state index contributed by atoms with van der Waals surface area (Å²) in [6, 6.07) is 19.4. The number of urea groups is 1. The highest BCUT2D eigenvalue weighted by molar-refractivity contribution is 14.1. The number of carbonyl (C=O) groups is 1. The van der Waals surface area contributed by atoms with Crippen molar-refractivity contribution in [2.75, 3.05) is 36.2 Å². The molecule has 0 bridgehead atoms. The molecule has 3 aromatic heterocycles. The molecule has 358 valence electrons. The number of alkyl halides is 1. The van der Waals surface area contributed by atoms with Crippen LogP contribution < -0.4 is 25.0 Å². The Morgan fingerprint density at radius 3 is 2.36 bits per heavy atom. The molecule has 0 radical (unpaired) electrons. The fourth-order valence-corrected chi connectivity index (χ4v) is 19.3. The maximum Gasteiger partial charge on any atom is 0.320 e. The molecule has 0 saturated carbocycles. The number of pyridine rings is 1. The molecule has 7 rings (SSSR count). The van der Waals surface area contributed by atoms with Crippen LogP contribution in [-0.4, -0.2) is 82.7 Å². The van der Waals surface area contributed by atoms with Gasteiger partial charge in [-0.05, 0) is 79.4 Å². The SMILES string of the molecule is CC(C)[Si](OCc1ccc(-n2nc(C(C)(C)C)cc2NC(=O)N[C@H]2CC[C@@H](Oc3ccc4nnc(N5CCCC[C@@H]5C)n4c3)c3ccccc32)cc1OCCOS(C)(=O)=O)(C(C)C)C(C)I. The van der Waals surface area contributed by atoms with Crippen LogP contribution in [0.25, 0.3) is 11.3 Å². The largest absolute Gasteiger partial charge is 0.491 e. The van der Waals surface area contributed by atoms with Gasteiger partial charge in [-0.3, -0.25) is 13.9 Å². The summed E-state index contributed by atoms with van der Waals surface area (Å²) in [5.41, 5.74) is 5.45. The highest BCUT2D eigenvalue weighted by atomic mass is 127. The molecule has 18 heteroatoms. The van der Waals surface area contributed by atoms with Gasteiger partial charge in [-0.2, -0.15) is 13.5 Å². The van der Waals surface area contributed by atoms with E-state index in [1.807, 2.05) is 59.1 Å². The number of nitrogens with zero attached hydrogens (tertiary/aromatic N) is 6. The quantitative estimate of drug-likeness (QED) is 0.0300. The van der Waals surface area contributed by atoms with Crippen LogP contribution in [0.2, 0.25) is 11.1 Å². The molecule has 4 heterocycles. The average Bonchev–Trinajstić information content (AvgIpc) is 3.88. The summed E-state index contributed by atoms with van der Waals surface area (Å²) in [6.45, 7) is 20.8. The Balaban J connectivity index is 1.11. The number of hydrogen-bond donors (Lipinski definition) is 2. The summed E-state index contributed by atoms with van der Waals surface area (Å²) >= 11 is 2.51. The number of ether oxygens (including phenoxy) is 2. The normalized spacial score (nSPS) is 18.7. The predicted molar refractivity (Wildman–Crippen MR) is 270 cm³/mol. The van der Waals surface area contributed by atoms with Crippen LogP contribution >= 0.6 is 22.6 Å². The van der Waals surface area contributed by atoms with Crippen LogP contribution in [0, 0.1) is 0 Å². The van der Waals surface area contributed by atoms with E-state index >= 15 is 0 Å². The number of nitrogens with one attached hydrogen (secondary N) is 2.